The molecule has 13 heteroatoms. The van der Waals surface area contributed by atoms with E-state index in [0.29, 0.717) is 13.8 Å². The number of halogens is 9. The normalized spacial score (nSPS) is 14.4. The molecule has 1 aromatic heterocycles. The minimum Gasteiger partial charge on any atom is -0.512 e. The fraction of sp³-hybridized carbons (Fsp3) is 0.417. The van der Waals surface area contributed by atoms with Gasteiger partial charge in [-0.15, -0.1) is 0 Å². The summed E-state index contributed by atoms with van der Waals surface area (Å²) in [4.78, 5) is 15.6. The zero-order chi connectivity index (χ0) is 20.0. The summed E-state index contributed by atoms with van der Waals surface area (Å²) in [6.45, 7) is 1.11. The summed E-state index contributed by atoms with van der Waals surface area (Å²) >= 11 is 0. The van der Waals surface area contributed by atoms with E-state index in [2.05, 4.69) is 9.97 Å². The Morgan fingerprint density at radius 1 is 0.800 bits per heavy atom. The van der Waals surface area contributed by atoms with Gasteiger partial charge in [0.2, 0.25) is 5.82 Å². The predicted octanol–water partition coefficient (Wildman–Crippen LogP) is 4.41. The third kappa shape index (κ3) is 4.39. The summed E-state index contributed by atoms with van der Waals surface area (Å²) in [6.07, 6.45) is -17.3. The average molecular weight is 382 g/mol. The van der Waals surface area contributed by atoms with E-state index in [1.54, 1.807) is 0 Å². The maximum absolute atomic E-state index is 13.0. The van der Waals surface area contributed by atoms with Gasteiger partial charge >= 0.3 is 18.5 Å². The summed E-state index contributed by atoms with van der Waals surface area (Å²) in [5, 5.41) is 9.29. The largest absolute Gasteiger partial charge is 0.512 e. The molecule has 0 saturated heterocycles. The molecule has 0 fully saturated rings. The topological polar surface area (TPSA) is 63.1 Å². The van der Waals surface area contributed by atoms with E-state index in [-0.39, 0.29) is 0 Å². The monoisotopic (exact) mass is 382 g/mol. The Kier molecular flexibility index (Phi) is 5.12. The average Bonchev–Trinajstić information content (AvgIpc) is 2.33. The van der Waals surface area contributed by atoms with Gasteiger partial charge in [-0.05, 0) is 13.8 Å². The van der Waals surface area contributed by atoms with Gasteiger partial charge in [0.1, 0.15) is 5.76 Å². The molecular formula is C12H7F9N2O2. The van der Waals surface area contributed by atoms with Crippen molar-refractivity contribution in [3.63, 3.8) is 0 Å². The van der Waals surface area contributed by atoms with Crippen molar-refractivity contribution in [1.82, 2.24) is 9.97 Å². The van der Waals surface area contributed by atoms with Crippen molar-refractivity contribution in [3.8, 4) is 0 Å². The van der Waals surface area contributed by atoms with Crippen LogP contribution in [-0.4, -0.2) is 20.9 Å². The third-order valence-corrected chi connectivity index (χ3v) is 2.66. The molecule has 1 N–H and O–H groups in total. The lowest BCUT2D eigenvalue weighted by molar-refractivity contribution is -0.159. The summed E-state index contributed by atoms with van der Waals surface area (Å²) < 4.78 is 116. The van der Waals surface area contributed by atoms with Gasteiger partial charge in [-0.1, -0.05) is 0 Å². The molecule has 0 aliphatic heterocycles. The number of nitrogens with zero attached hydrogens (tertiary/aromatic N) is 2. The number of hydrogen-bond acceptors (Lipinski definition) is 4. The number of aliphatic hydroxyl groups is 1. The molecular weight excluding hydrogens is 375 g/mol. The van der Waals surface area contributed by atoms with Crippen molar-refractivity contribution < 1.29 is 49.4 Å². The second-order valence-corrected chi connectivity index (χ2v) is 4.63. The van der Waals surface area contributed by atoms with Gasteiger partial charge < -0.3 is 5.11 Å². The molecule has 0 aliphatic carbocycles. The molecule has 0 unspecified atom stereocenters. The van der Waals surface area contributed by atoms with Gasteiger partial charge in [0.25, 0.3) is 0 Å². The molecule has 25 heavy (non-hydrogen) atoms. The highest BCUT2D eigenvalue weighted by atomic mass is 19.4. The SMILES string of the molecule is CC(=O)/C(=C(/C)O)c1c(C(F)(F)F)nc(C(F)(F)F)nc1C(F)(F)F. The summed E-state index contributed by atoms with van der Waals surface area (Å²) in [5.74, 6) is -5.42. The van der Waals surface area contributed by atoms with E-state index in [9.17, 15) is 49.4 Å². The van der Waals surface area contributed by atoms with Gasteiger partial charge in [0, 0.05) is 0 Å². The maximum Gasteiger partial charge on any atom is 0.451 e. The Hall–Kier alpha value is -2.34. The van der Waals surface area contributed by atoms with Crippen molar-refractivity contribution in [3.05, 3.63) is 28.5 Å². The molecule has 1 heterocycles. The number of ketones is 1. The minimum absolute atomic E-state index is 0.521. The van der Waals surface area contributed by atoms with Crippen LogP contribution >= 0.6 is 0 Å². The second kappa shape index (κ2) is 6.19. The van der Waals surface area contributed by atoms with Crippen molar-refractivity contribution in [2.75, 3.05) is 0 Å². The fourth-order valence-electron chi connectivity index (χ4n) is 1.85. The molecule has 0 aliphatic rings. The van der Waals surface area contributed by atoms with Crippen LogP contribution in [0.25, 0.3) is 5.57 Å². The first kappa shape index (κ1) is 20.7. The highest BCUT2D eigenvalue weighted by molar-refractivity contribution is 6.20. The van der Waals surface area contributed by atoms with Crippen molar-refractivity contribution in [2.45, 2.75) is 32.4 Å². The Labute approximate surface area is 133 Å². The quantitative estimate of drug-likeness (QED) is 0.468. The van der Waals surface area contributed by atoms with Crippen LogP contribution in [0.5, 0.6) is 0 Å². The van der Waals surface area contributed by atoms with Crippen LogP contribution in [0, 0.1) is 0 Å². The lowest BCUT2D eigenvalue weighted by Gasteiger charge is -2.20. The molecule has 1 aromatic rings. The van der Waals surface area contributed by atoms with Gasteiger partial charge in [0.15, 0.2) is 17.2 Å². The predicted molar refractivity (Wildman–Crippen MR) is 62.9 cm³/mol. The first-order valence-electron chi connectivity index (χ1n) is 6.02. The van der Waals surface area contributed by atoms with Crippen LogP contribution in [0.4, 0.5) is 39.5 Å². The highest BCUT2D eigenvalue weighted by Crippen LogP contribution is 2.43. The highest BCUT2D eigenvalue weighted by Gasteiger charge is 2.49. The van der Waals surface area contributed by atoms with E-state index in [1.165, 1.54) is 0 Å². The van der Waals surface area contributed by atoms with E-state index >= 15 is 0 Å². The van der Waals surface area contributed by atoms with Crippen LogP contribution in [-0.2, 0) is 23.3 Å². The van der Waals surface area contributed by atoms with Crippen molar-refractivity contribution >= 4 is 11.4 Å². The first-order chi connectivity index (χ1) is 11.0. The molecule has 1 rings (SSSR count). The van der Waals surface area contributed by atoms with E-state index in [4.69, 9.17) is 0 Å². The molecule has 0 amide bonds. The van der Waals surface area contributed by atoms with Crippen molar-refractivity contribution in [2.24, 2.45) is 0 Å². The van der Waals surface area contributed by atoms with Crippen molar-refractivity contribution in [1.29, 1.82) is 0 Å². The zero-order valence-corrected chi connectivity index (χ0v) is 12.2. The summed E-state index contributed by atoms with van der Waals surface area (Å²) in [6, 6.07) is 0. The number of Topliss-reactive ketones (excluding diaryl/α,β-unsaturated/α-hetero) is 1. The Morgan fingerprint density at radius 2 is 1.16 bits per heavy atom. The Morgan fingerprint density at radius 3 is 1.36 bits per heavy atom. The lowest BCUT2D eigenvalue weighted by Crippen LogP contribution is -2.26. The molecule has 0 spiro atoms. The molecule has 140 valence electrons. The molecule has 0 saturated carbocycles. The number of aromatic nitrogens is 2. The number of alkyl halides is 9. The van der Waals surface area contributed by atoms with Crippen LogP contribution in [0.3, 0.4) is 0 Å². The smallest absolute Gasteiger partial charge is 0.451 e. The molecule has 0 atom stereocenters. The van der Waals surface area contributed by atoms with Crippen LogP contribution in [0.1, 0.15) is 36.6 Å². The van der Waals surface area contributed by atoms with Gasteiger partial charge in [-0.25, -0.2) is 9.97 Å². The Bertz CT molecular complexity index is 691. The molecule has 0 bridgehead atoms. The van der Waals surface area contributed by atoms with Gasteiger partial charge in [0.05, 0.1) is 11.1 Å². The number of allylic oxidation sites excluding steroid dienone is 2. The van der Waals surface area contributed by atoms with Crippen LogP contribution in [0.15, 0.2) is 5.76 Å². The number of hydrogen-bond donors (Lipinski definition) is 1. The van der Waals surface area contributed by atoms with E-state index in [0.717, 1.165) is 0 Å². The Balaban J connectivity index is 4.17. The van der Waals surface area contributed by atoms with Crippen LogP contribution in [0.2, 0.25) is 0 Å². The van der Waals surface area contributed by atoms with E-state index < -0.39 is 58.4 Å². The standard InChI is InChI=1S/C12H7F9N2O2/c1-3(24)5(4(2)25)6-7(10(13,14)15)22-9(12(19,20)21)23-8(6)11(16,17)18/h24H,1-2H3/b5-3+. The first-order valence-corrected chi connectivity index (χ1v) is 6.02. The summed E-state index contributed by atoms with van der Waals surface area (Å²) in [5.41, 5.74) is -8.84. The lowest BCUT2D eigenvalue weighted by atomic mass is 9.96. The third-order valence-electron chi connectivity index (χ3n) is 2.66. The molecule has 0 aromatic carbocycles. The molecule has 0 radical (unpaired) electrons. The fourth-order valence-corrected chi connectivity index (χ4v) is 1.85. The van der Waals surface area contributed by atoms with Gasteiger partial charge in [-0.2, -0.15) is 39.5 Å². The number of carbonyl (C=O) groups is 1. The minimum atomic E-state index is -5.80. The molecule has 4 nitrogen and oxygen atoms in total. The number of rotatable bonds is 2. The number of aliphatic hydroxyl groups excluding tert-OH is 1. The van der Waals surface area contributed by atoms with Gasteiger partial charge in [-0.3, -0.25) is 4.79 Å². The summed E-state index contributed by atoms with van der Waals surface area (Å²) in [7, 11) is 0. The zero-order valence-electron chi connectivity index (χ0n) is 12.2. The van der Waals surface area contributed by atoms with E-state index in [1.807, 2.05) is 0 Å². The maximum atomic E-state index is 13.0. The number of carbonyl (C=O) groups excluding carboxylic acids is 1. The van der Waals surface area contributed by atoms with Crippen LogP contribution < -0.4 is 0 Å². The second-order valence-electron chi connectivity index (χ2n) is 4.63.